The molecule has 0 spiro atoms. The van der Waals surface area contributed by atoms with Crippen LogP contribution in [0.1, 0.15) is 12.6 Å². The topological polar surface area (TPSA) is 17.3 Å². The van der Waals surface area contributed by atoms with Crippen molar-refractivity contribution in [3.63, 3.8) is 0 Å². The first-order valence-corrected chi connectivity index (χ1v) is 7.41. The number of hydrogen-bond acceptors (Lipinski definition) is 3. The molecule has 1 unspecified atom stereocenters. The lowest BCUT2D eigenvalue weighted by atomic mass is 10.3. The number of thioether (sulfide) groups is 1. The van der Waals surface area contributed by atoms with E-state index in [0.29, 0.717) is 5.92 Å². The van der Waals surface area contributed by atoms with Gasteiger partial charge in [-0.3, -0.25) is 4.40 Å². The fourth-order valence-corrected chi connectivity index (χ4v) is 3.20. The molecule has 0 fully saturated rings. The smallest absolute Gasteiger partial charge is 0.193 e. The highest BCUT2D eigenvalue weighted by molar-refractivity contribution is 7.98. The van der Waals surface area contributed by atoms with Crippen molar-refractivity contribution in [2.45, 2.75) is 12.7 Å². The van der Waals surface area contributed by atoms with Crippen LogP contribution >= 0.6 is 34.7 Å². The van der Waals surface area contributed by atoms with Gasteiger partial charge in [0.25, 0.3) is 0 Å². The van der Waals surface area contributed by atoms with Gasteiger partial charge in [-0.2, -0.15) is 11.8 Å². The van der Waals surface area contributed by atoms with Crippen LogP contribution in [0.5, 0.6) is 0 Å². The molecule has 2 rings (SSSR count). The highest BCUT2D eigenvalue weighted by atomic mass is 35.5. The normalized spacial score (nSPS) is 13.5. The molecule has 2 aromatic rings. The van der Waals surface area contributed by atoms with Gasteiger partial charge in [0.1, 0.15) is 0 Å². The minimum absolute atomic E-state index is 0.584. The SMILES string of the molecule is CC(CCl)CSCc1cn2ccsc2n1. The Balaban J connectivity index is 1.87. The second kappa shape index (κ2) is 5.23. The maximum Gasteiger partial charge on any atom is 0.193 e. The number of hydrogen-bond donors (Lipinski definition) is 0. The molecule has 2 heterocycles. The van der Waals surface area contributed by atoms with E-state index < -0.39 is 0 Å². The van der Waals surface area contributed by atoms with Crippen LogP contribution in [-0.4, -0.2) is 21.0 Å². The number of fused-ring (bicyclic) bond motifs is 1. The Labute approximate surface area is 103 Å². The van der Waals surface area contributed by atoms with E-state index in [2.05, 4.69) is 27.9 Å². The molecule has 0 aliphatic rings. The third-order valence-electron chi connectivity index (χ3n) is 2.06. The van der Waals surface area contributed by atoms with Crippen LogP contribution in [0.3, 0.4) is 0 Å². The summed E-state index contributed by atoms with van der Waals surface area (Å²) < 4.78 is 2.07. The molecule has 5 heteroatoms. The van der Waals surface area contributed by atoms with Crippen molar-refractivity contribution in [1.29, 1.82) is 0 Å². The zero-order valence-electron chi connectivity index (χ0n) is 8.52. The lowest BCUT2D eigenvalue weighted by Gasteiger charge is -2.04. The van der Waals surface area contributed by atoms with Gasteiger partial charge in [-0.1, -0.05) is 6.92 Å². The van der Waals surface area contributed by atoms with Crippen LogP contribution in [0.15, 0.2) is 17.8 Å². The molecule has 2 aromatic heterocycles. The molecule has 0 aromatic carbocycles. The van der Waals surface area contributed by atoms with Gasteiger partial charge in [0.2, 0.25) is 0 Å². The predicted molar refractivity (Wildman–Crippen MR) is 69.1 cm³/mol. The Kier molecular flexibility index (Phi) is 3.94. The molecule has 0 aliphatic carbocycles. The second-order valence-electron chi connectivity index (χ2n) is 3.60. The van der Waals surface area contributed by atoms with Gasteiger partial charge < -0.3 is 0 Å². The van der Waals surface area contributed by atoms with Gasteiger partial charge in [0, 0.05) is 29.4 Å². The van der Waals surface area contributed by atoms with Crippen LogP contribution in [-0.2, 0) is 5.75 Å². The molecule has 0 saturated carbocycles. The van der Waals surface area contributed by atoms with E-state index in [1.807, 2.05) is 18.0 Å². The quantitative estimate of drug-likeness (QED) is 0.766. The molecule has 0 radical (unpaired) electrons. The average molecular weight is 261 g/mol. The van der Waals surface area contributed by atoms with Gasteiger partial charge in [-0.25, -0.2) is 4.98 Å². The van der Waals surface area contributed by atoms with Crippen LogP contribution in [0.2, 0.25) is 0 Å². The fraction of sp³-hybridized carbons (Fsp3) is 0.500. The van der Waals surface area contributed by atoms with Crippen molar-refractivity contribution in [2.24, 2.45) is 5.92 Å². The number of nitrogens with zero attached hydrogens (tertiary/aromatic N) is 2. The number of halogens is 1. The van der Waals surface area contributed by atoms with E-state index in [1.54, 1.807) is 11.3 Å². The fourth-order valence-electron chi connectivity index (χ4n) is 1.25. The molecule has 0 amide bonds. The number of imidazole rings is 1. The molecule has 2 nitrogen and oxygen atoms in total. The summed E-state index contributed by atoms with van der Waals surface area (Å²) in [6.45, 7) is 2.17. The van der Waals surface area contributed by atoms with E-state index in [0.717, 1.165) is 28.0 Å². The molecule has 0 bridgehead atoms. The van der Waals surface area contributed by atoms with Crippen LogP contribution in [0.4, 0.5) is 0 Å². The first-order valence-electron chi connectivity index (χ1n) is 4.84. The molecule has 1 atom stereocenters. The summed E-state index contributed by atoms with van der Waals surface area (Å²) in [7, 11) is 0. The Morgan fingerprint density at radius 3 is 3.27 bits per heavy atom. The van der Waals surface area contributed by atoms with Crippen molar-refractivity contribution in [1.82, 2.24) is 9.38 Å². The Morgan fingerprint density at radius 1 is 1.67 bits per heavy atom. The zero-order valence-corrected chi connectivity index (χ0v) is 10.9. The van der Waals surface area contributed by atoms with Crippen molar-refractivity contribution in [3.8, 4) is 0 Å². The largest absolute Gasteiger partial charge is 0.297 e. The maximum absolute atomic E-state index is 5.75. The molecule has 0 N–H and O–H groups in total. The summed E-state index contributed by atoms with van der Waals surface area (Å²) in [5, 5.41) is 2.05. The summed E-state index contributed by atoms with van der Waals surface area (Å²) in [5.41, 5.74) is 1.16. The molecular weight excluding hydrogens is 248 g/mol. The monoisotopic (exact) mass is 260 g/mol. The van der Waals surface area contributed by atoms with E-state index in [-0.39, 0.29) is 0 Å². The first-order chi connectivity index (χ1) is 7.29. The number of rotatable bonds is 5. The molecule has 0 aliphatic heterocycles. The van der Waals surface area contributed by atoms with Gasteiger partial charge in [-0.15, -0.1) is 22.9 Å². The summed E-state index contributed by atoms with van der Waals surface area (Å²) in [5.74, 6) is 3.41. The van der Waals surface area contributed by atoms with Crippen LogP contribution in [0.25, 0.3) is 4.96 Å². The first kappa shape index (κ1) is 11.3. The lowest BCUT2D eigenvalue weighted by Crippen LogP contribution is -1.99. The van der Waals surface area contributed by atoms with Crippen molar-refractivity contribution < 1.29 is 0 Å². The van der Waals surface area contributed by atoms with Gasteiger partial charge in [0.05, 0.1) is 5.69 Å². The minimum Gasteiger partial charge on any atom is -0.297 e. The summed E-state index contributed by atoms with van der Waals surface area (Å²) >= 11 is 9.33. The Morgan fingerprint density at radius 2 is 2.53 bits per heavy atom. The minimum atomic E-state index is 0.584. The summed E-state index contributed by atoms with van der Waals surface area (Å²) in [6.07, 6.45) is 4.15. The molecule has 82 valence electrons. The van der Waals surface area contributed by atoms with Gasteiger partial charge in [-0.05, 0) is 11.7 Å². The van der Waals surface area contributed by atoms with E-state index in [1.165, 1.54) is 0 Å². The van der Waals surface area contributed by atoms with Crippen molar-refractivity contribution in [3.05, 3.63) is 23.5 Å². The van der Waals surface area contributed by atoms with Crippen molar-refractivity contribution in [2.75, 3.05) is 11.6 Å². The summed E-state index contributed by atoms with van der Waals surface area (Å²) in [6, 6.07) is 0. The van der Waals surface area contributed by atoms with Crippen LogP contribution < -0.4 is 0 Å². The Bertz CT molecular complexity index is 395. The third kappa shape index (κ3) is 2.89. The molecule has 15 heavy (non-hydrogen) atoms. The number of alkyl halides is 1. The van der Waals surface area contributed by atoms with E-state index >= 15 is 0 Å². The maximum atomic E-state index is 5.75. The Hall–Kier alpha value is -0.190. The molecular formula is C10H13ClN2S2. The van der Waals surface area contributed by atoms with Gasteiger partial charge in [0.15, 0.2) is 4.96 Å². The van der Waals surface area contributed by atoms with Crippen molar-refractivity contribution >= 4 is 39.7 Å². The second-order valence-corrected chi connectivity index (χ2v) is 5.81. The third-order valence-corrected chi connectivity index (χ3v) is 4.66. The van der Waals surface area contributed by atoms with Gasteiger partial charge >= 0.3 is 0 Å². The highest BCUT2D eigenvalue weighted by Crippen LogP contribution is 2.18. The standard InChI is InChI=1S/C10H13ClN2S2/c1-8(4-11)6-14-7-9-5-13-2-3-15-10(13)12-9/h2-3,5,8H,4,6-7H2,1H3. The summed E-state index contributed by atoms with van der Waals surface area (Å²) in [4.78, 5) is 5.60. The predicted octanol–water partition coefficient (Wildman–Crippen LogP) is 3.50. The highest BCUT2D eigenvalue weighted by Gasteiger charge is 2.04. The zero-order chi connectivity index (χ0) is 10.7. The average Bonchev–Trinajstić information content (AvgIpc) is 2.77. The molecule has 0 saturated heterocycles. The lowest BCUT2D eigenvalue weighted by molar-refractivity contribution is 0.759. The van der Waals surface area contributed by atoms with E-state index in [9.17, 15) is 0 Å². The number of thiazole rings is 1. The van der Waals surface area contributed by atoms with Crippen LogP contribution in [0, 0.1) is 5.92 Å². The number of aromatic nitrogens is 2. The van der Waals surface area contributed by atoms with E-state index in [4.69, 9.17) is 11.6 Å².